The lowest BCUT2D eigenvalue weighted by atomic mass is 10.3. The minimum absolute atomic E-state index is 0.168. The van der Waals surface area contributed by atoms with Crippen LogP contribution in [0.4, 0.5) is 8.78 Å². The summed E-state index contributed by atoms with van der Waals surface area (Å²) in [6.45, 7) is -1.35. The number of hydrogen-bond acceptors (Lipinski definition) is 4. The van der Waals surface area contributed by atoms with E-state index in [0.29, 0.717) is 0 Å². The quantitative estimate of drug-likeness (QED) is 0.484. The summed E-state index contributed by atoms with van der Waals surface area (Å²) < 4.78 is 27.6. The first-order valence-electron chi connectivity index (χ1n) is 4.47. The maximum Gasteiger partial charge on any atom is 0.334 e. The SMILES string of the molecule is O=C(CCOCC(F)F)NCC(O)C(=O)O. The maximum absolute atomic E-state index is 11.6. The number of carboxylic acids is 1. The molecule has 0 rings (SSSR count). The van der Waals surface area contributed by atoms with Gasteiger partial charge in [0.15, 0.2) is 6.10 Å². The van der Waals surface area contributed by atoms with Crippen LogP contribution in [-0.4, -0.2) is 54.4 Å². The molecule has 0 aromatic carbocycles. The summed E-state index contributed by atoms with van der Waals surface area (Å²) in [7, 11) is 0. The fourth-order valence-electron chi connectivity index (χ4n) is 0.723. The van der Waals surface area contributed by atoms with Crippen LogP contribution in [0.25, 0.3) is 0 Å². The molecule has 8 heteroatoms. The number of hydrogen-bond donors (Lipinski definition) is 3. The number of aliphatic hydroxyl groups is 1. The molecule has 3 N–H and O–H groups in total. The van der Waals surface area contributed by atoms with Gasteiger partial charge in [-0.3, -0.25) is 4.79 Å². The lowest BCUT2D eigenvalue weighted by Gasteiger charge is -2.07. The van der Waals surface area contributed by atoms with Crippen molar-refractivity contribution >= 4 is 11.9 Å². The van der Waals surface area contributed by atoms with Crippen molar-refractivity contribution in [2.24, 2.45) is 0 Å². The molecule has 1 unspecified atom stereocenters. The van der Waals surface area contributed by atoms with Crippen LogP contribution in [0, 0.1) is 0 Å². The average Bonchev–Trinajstić information content (AvgIpc) is 2.20. The van der Waals surface area contributed by atoms with Crippen LogP contribution in [0.2, 0.25) is 0 Å². The van der Waals surface area contributed by atoms with E-state index in [2.05, 4.69) is 10.1 Å². The van der Waals surface area contributed by atoms with Gasteiger partial charge in [0.05, 0.1) is 13.2 Å². The van der Waals surface area contributed by atoms with Crippen LogP contribution in [0.1, 0.15) is 6.42 Å². The first-order chi connectivity index (χ1) is 7.43. The van der Waals surface area contributed by atoms with E-state index in [9.17, 15) is 18.4 Å². The van der Waals surface area contributed by atoms with Gasteiger partial charge in [0.1, 0.15) is 6.61 Å². The molecule has 0 radical (unpaired) electrons. The molecule has 1 atom stereocenters. The number of carbonyl (C=O) groups excluding carboxylic acids is 1. The molecule has 0 aliphatic carbocycles. The van der Waals surface area contributed by atoms with Crippen molar-refractivity contribution in [1.82, 2.24) is 5.32 Å². The Morgan fingerprint density at radius 3 is 2.50 bits per heavy atom. The summed E-state index contributed by atoms with van der Waals surface area (Å²) in [6, 6.07) is 0. The number of ether oxygens (including phenoxy) is 1. The Balaban J connectivity index is 3.48. The van der Waals surface area contributed by atoms with E-state index >= 15 is 0 Å². The third-order valence-corrected chi connectivity index (χ3v) is 1.49. The zero-order valence-corrected chi connectivity index (χ0v) is 8.36. The fourth-order valence-corrected chi connectivity index (χ4v) is 0.723. The number of carbonyl (C=O) groups is 2. The molecule has 0 saturated carbocycles. The summed E-state index contributed by atoms with van der Waals surface area (Å²) >= 11 is 0. The predicted octanol–water partition coefficient (Wildman–Crippen LogP) is -0.780. The van der Waals surface area contributed by atoms with Crippen molar-refractivity contribution in [3.63, 3.8) is 0 Å². The topological polar surface area (TPSA) is 95.9 Å². The predicted molar refractivity (Wildman–Crippen MR) is 48.1 cm³/mol. The Labute approximate surface area is 90.2 Å². The summed E-state index contributed by atoms with van der Waals surface area (Å²) in [5.41, 5.74) is 0. The van der Waals surface area contributed by atoms with Gasteiger partial charge in [-0.05, 0) is 0 Å². The lowest BCUT2D eigenvalue weighted by Crippen LogP contribution is -2.36. The van der Waals surface area contributed by atoms with Gasteiger partial charge in [0.25, 0.3) is 6.43 Å². The number of alkyl halides is 2. The highest BCUT2D eigenvalue weighted by Gasteiger charge is 2.13. The second-order valence-electron chi connectivity index (χ2n) is 2.87. The molecule has 6 nitrogen and oxygen atoms in total. The van der Waals surface area contributed by atoms with Gasteiger partial charge in [-0.2, -0.15) is 0 Å². The molecule has 0 spiro atoms. The number of amides is 1. The van der Waals surface area contributed by atoms with Gasteiger partial charge in [-0.15, -0.1) is 0 Å². The minimum Gasteiger partial charge on any atom is -0.479 e. The van der Waals surface area contributed by atoms with Gasteiger partial charge in [0.2, 0.25) is 5.91 Å². The molecule has 16 heavy (non-hydrogen) atoms. The van der Waals surface area contributed by atoms with E-state index in [0.717, 1.165) is 0 Å². The Morgan fingerprint density at radius 2 is 2.00 bits per heavy atom. The van der Waals surface area contributed by atoms with Gasteiger partial charge in [-0.25, -0.2) is 13.6 Å². The lowest BCUT2D eigenvalue weighted by molar-refractivity contribution is -0.146. The molecule has 0 aliphatic heterocycles. The molecule has 0 aromatic rings. The standard InChI is InChI=1S/C8H13F2NO5/c9-6(10)4-16-2-1-7(13)11-3-5(12)8(14)15/h5-6,12H,1-4H2,(H,11,13)(H,14,15). The Morgan fingerprint density at radius 1 is 1.38 bits per heavy atom. The largest absolute Gasteiger partial charge is 0.479 e. The van der Waals surface area contributed by atoms with Crippen LogP contribution in [-0.2, 0) is 14.3 Å². The van der Waals surface area contributed by atoms with Crippen molar-refractivity contribution in [2.75, 3.05) is 19.8 Å². The Bertz CT molecular complexity index is 236. The highest BCUT2D eigenvalue weighted by atomic mass is 19.3. The van der Waals surface area contributed by atoms with Crippen LogP contribution in [0.3, 0.4) is 0 Å². The third kappa shape index (κ3) is 8.06. The van der Waals surface area contributed by atoms with Gasteiger partial charge < -0.3 is 20.3 Å². The molecule has 0 fully saturated rings. The van der Waals surface area contributed by atoms with Crippen LogP contribution in [0.5, 0.6) is 0 Å². The highest BCUT2D eigenvalue weighted by molar-refractivity contribution is 5.78. The van der Waals surface area contributed by atoms with Crippen LogP contribution >= 0.6 is 0 Å². The average molecular weight is 241 g/mol. The number of aliphatic hydroxyl groups excluding tert-OH is 1. The zero-order valence-electron chi connectivity index (χ0n) is 8.36. The minimum atomic E-state index is -2.59. The number of rotatable bonds is 8. The third-order valence-electron chi connectivity index (χ3n) is 1.49. The van der Waals surface area contributed by atoms with E-state index in [1.165, 1.54) is 0 Å². The molecule has 94 valence electrons. The van der Waals surface area contributed by atoms with E-state index in [-0.39, 0.29) is 13.0 Å². The summed E-state index contributed by atoms with van der Waals surface area (Å²) in [6.07, 6.45) is -4.43. The monoisotopic (exact) mass is 241 g/mol. The molecule has 0 bridgehead atoms. The summed E-state index contributed by atoms with van der Waals surface area (Å²) in [5, 5.41) is 19.2. The summed E-state index contributed by atoms with van der Waals surface area (Å²) in [5.74, 6) is -2.02. The van der Waals surface area contributed by atoms with Crippen molar-refractivity contribution in [1.29, 1.82) is 0 Å². The molecule has 0 heterocycles. The maximum atomic E-state index is 11.6. The molecular weight excluding hydrogens is 228 g/mol. The fraction of sp³-hybridized carbons (Fsp3) is 0.750. The number of nitrogens with one attached hydrogen (secondary N) is 1. The normalized spacial score (nSPS) is 12.5. The molecule has 0 saturated heterocycles. The Kier molecular flexibility index (Phi) is 7.31. The van der Waals surface area contributed by atoms with E-state index in [4.69, 9.17) is 10.2 Å². The number of halogens is 2. The summed E-state index contributed by atoms with van der Waals surface area (Å²) in [4.78, 5) is 21.1. The second-order valence-corrected chi connectivity index (χ2v) is 2.87. The smallest absolute Gasteiger partial charge is 0.334 e. The number of carboxylic acid groups (broad SMARTS) is 1. The first kappa shape index (κ1) is 14.7. The van der Waals surface area contributed by atoms with Crippen molar-refractivity contribution in [3.05, 3.63) is 0 Å². The van der Waals surface area contributed by atoms with Crippen molar-refractivity contribution in [3.8, 4) is 0 Å². The van der Waals surface area contributed by atoms with Crippen LogP contribution < -0.4 is 5.32 Å². The molecule has 0 aliphatic rings. The highest BCUT2D eigenvalue weighted by Crippen LogP contribution is 1.93. The van der Waals surface area contributed by atoms with Crippen molar-refractivity contribution < 1.29 is 33.3 Å². The van der Waals surface area contributed by atoms with E-state index < -0.39 is 37.6 Å². The molecule has 1 amide bonds. The zero-order chi connectivity index (χ0) is 12.6. The van der Waals surface area contributed by atoms with Crippen LogP contribution in [0.15, 0.2) is 0 Å². The van der Waals surface area contributed by atoms with Gasteiger partial charge in [-0.1, -0.05) is 0 Å². The van der Waals surface area contributed by atoms with E-state index in [1.54, 1.807) is 0 Å². The van der Waals surface area contributed by atoms with E-state index in [1.807, 2.05) is 0 Å². The first-order valence-corrected chi connectivity index (χ1v) is 4.47. The van der Waals surface area contributed by atoms with Gasteiger partial charge >= 0.3 is 5.97 Å². The van der Waals surface area contributed by atoms with Crippen molar-refractivity contribution in [2.45, 2.75) is 19.0 Å². The Hall–Kier alpha value is -1.28. The second kappa shape index (κ2) is 7.94. The number of aliphatic carboxylic acids is 1. The molecule has 0 aromatic heterocycles. The molecular formula is C8H13F2NO5. The van der Waals surface area contributed by atoms with Gasteiger partial charge in [0, 0.05) is 6.42 Å².